The first-order chi connectivity index (χ1) is 5.70. The smallest absolute Gasteiger partial charge is 0.0249 e. The van der Waals surface area contributed by atoms with E-state index in [4.69, 9.17) is 11.6 Å². The van der Waals surface area contributed by atoms with Crippen LogP contribution in [0.5, 0.6) is 0 Å². The van der Waals surface area contributed by atoms with Gasteiger partial charge in [-0.25, -0.2) is 0 Å². The van der Waals surface area contributed by atoms with Crippen LogP contribution in [0, 0.1) is 5.92 Å². The zero-order valence-corrected chi connectivity index (χ0v) is 9.32. The summed E-state index contributed by atoms with van der Waals surface area (Å²) in [6.07, 6.45) is 3.70. The molecule has 0 saturated carbocycles. The maximum atomic E-state index is 5.70. The molecular formula is C10H22ClN. The summed E-state index contributed by atoms with van der Waals surface area (Å²) in [5.41, 5.74) is 0. The standard InChI is InChI=1S/C10H22ClN/c1-4-10(3)12-7-5-6-9(2)8-11/h9-10,12H,4-8H2,1-3H3. The molecule has 0 aromatic rings. The summed E-state index contributed by atoms with van der Waals surface area (Å²) in [6, 6.07) is 0.663. The van der Waals surface area contributed by atoms with Gasteiger partial charge in [0.15, 0.2) is 0 Å². The number of hydrogen-bond acceptors (Lipinski definition) is 1. The van der Waals surface area contributed by atoms with Crippen molar-refractivity contribution in [1.82, 2.24) is 5.32 Å². The molecule has 0 spiro atoms. The van der Waals surface area contributed by atoms with Gasteiger partial charge in [-0.1, -0.05) is 13.8 Å². The van der Waals surface area contributed by atoms with Crippen LogP contribution in [-0.4, -0.2) is 18.5 Å². The molecule has 0 bridgehead atoms. The molecule has 2 atom stereocenters. The number of nitrogens with one attached hydrogen (secondary N) is 1. The van der Waals surface area contributed by atoms with E-state index < -0.39 is 0 Å². The second-order valence-corrected chi connectivity index (χ2v) is 3.97. The highest BCUT2D eigenvalue weighted by molar-refractivity contribution is 6.18. The summed E-state index contributed by atoms with van der Waals surface area (Å²) < 4.78 is 0. The fourth-order valence-corrected chi connectivity index (χ4v) is 1.17. The summed E-state index contributed by atoms with van der Waals surface area (Å²) in [5.74, 6) is 1.47. The van der Waals surface area contributed by atoms with Gasteiger partial charge in [-0.3, -0.25) is 0 Å². The van der Waals surface area contributed by atoms with E-state index in [1.54, 1.807) is 0 Å². The van der Waals surface area contributed by atoms with E-state index in [2.05, 4.69) is 26.1 Å². The molecule has 0 aromatic heterocycles. The van der Waals surface area contributed by atoms with Crippen molar-refractivity contribution in [3.05, 3.63) is 0 Å². The van der Waals surface area contributed by atoms with Gasteiger partial charge in [0.1, 0.15) is 0 Å². The Morgan fingerprint density at radius 2 is 2.00 bits per heavy atom. The zero-order valence-electron chi connectivity index (χ0n) is 8.57. The molecule has 1 nitrogen and oxygen atoms in total. The van der Waals surface area contributed by atoms with Gasteiger partial charge in [0.05, 0.1) is 0 Å². The first kappa shape index (κ1) is 12.2. The average molecular weight is 192 g/mol. The molecule has 1 N–H and O–H groups in total. The van der Waals surface area contributed by atoms with E-state index in [0.29, 0.717) is 12.0 Å². The Hall–Kier alpha value is 0.250. The third kappa shape index (κ3) is 6.93. The fourth-order valence-electron chi connectivity index (χ4n) is 1.02. The largest absolute Gasteiger partial charge is 0.314 e. The SMILES string of the molecule is CCC(C)NCCCC(C)CCl. The monoisotopic (exact) mass is 191 g/mol. The highest BCUT2D eigenvalue weighted by atomic mass is 35.5. The molecule has 0 rings (SSSR count). The summed E-state index contributed by atoms with van der Waals surface area (Å²) in [5, 5.41) is 3.47. The van der Waals surface area contributed by atoms with Crippen LogP contribution in [0.2, 0.25) is 0 Å². The molecular weight excluding hydrogens is 170 g/mol. The lowest BCUT2D eigenvalue weighted by molar-refractivity contribution is 0.484. The quantitative estimate of drug-likeness (QED) is 0.482. The van der Waals surface area contributed by atoms with Crippen LogP contribution in [0.3, 0.4) is 0 Å². The van der Waals surface area contributed by atoms with Gasteiger partial charge in [0.2, 0.25) is 0 Å². The molecule has 0 amide bonds. The minimum Gasteiger partial charge on any atom is -0.314 e. The predicted molar refractivity (Wildman–Crippen MR) is 56.9 cm³/mol. The number of alkyl halides is 1. The first-order valence-electron chi connectivity index (χ1n) is 5.00. The van der Waals surface area contributed by atoms with Crippen molar-refractivity contribution >= 4 is 11.6 Å². The Morgan fingerprint density at radius 3 is 2.50 bits per heavy atom. The Labute approximate surface area is 81.9 Å². The highest BCUT2D eigenvalue weighted by Crippen LogP contribution is 2.06. The van der Waals surface area contributed by atoms with E-state index in [1.165, 1.54) is 19.3 Å². The van der Waals surface area contributed by atoms with Crippen molar-refractivity contribution in [2.24, 2.45) is 5.92 Å². The van der Waals surface area contributed by atoms with Crippen molar-refractivity contribution in [3.63, 3.8) is 0 Å². The Morgan fingerprint density at radius 1 is 1.33 bits per heavy atom. The highest BCUT2D eigenvalue weighted by Gasteiger charge is 2.00. The normalized spacial score (nSPS) is 16.0. The van der Waals surface area contributed by atoms with Crippen LogP contribution >= 0.6 is 11.6 Å². The molecule has 0 aliphatic heterocycles. The van der Waals surface area contributed by atoms with Gasteiger partial charge >= 0.3 is 0 Å². The maximum absolute atomic E-state index is 5.70. The molecule has 74 valence electrons. The van der Waals surface area contributed by atoms with Crippen molar-refractivity contribution in [2.45, 2.75) is 46.1 Å². The molecule has 0 heterocycles. The molecule has 0 aliphatic rings. The third-order valence-electron chi connectivity index (χ3n) is 2.24. The average Bonchev–Trinajstić information content (AvgIpc) is 2.11. The van der Waals surface area contributed by atoms with Crippen LogP contribution < -0.4 is 5.32 Å². The lowest BCUT2D eigenvalue weighted by atomic mass is 10.1. The second kappa shape index (κ2) is 7.88. The topological polar surface area (TPSA) is 12.0 Å². The molecule has 0 saturated heterocycles. The molecule has 0 aliphatic carbocycles. The summed E-state index contributed by atoms with van der Waals surface area (Å²) >= 11 is 5.70. The lowest BCUT2D eigenvalue weighted by Crippen LogP contribution is -2.26. The zero-order chi connectivity index (χ0) is 9.40. The van der Waals surface area contributed by atoms with Gasteiger partial charge in [0.25, 0.3) is 0 Å². The molecule has 0 radical (unpaired) electrons. The minimum atomic E-state index is 0.663. The van der Waals surface area contributed by atoms with Crippen LogP contribution in [-0.2, 0) is 0 Å². The van der Waals surface area contributed by atoms with Crippen LogP contribution in [0.1, 0.15) is 40.0 Å². The Kier molecular flexibility index (Phi) is 8.04. The minimum absolute atomic E-state index is 0.663. The molecule has 2 heteroatoms. The Balaban J connectivity index is 3.10. The van der Waals surface area contributed by atoms with Crippen molar-refractivity contribution in [1.29, 1.82) is 0 Å². The molecule has 0 fully saturated rings. The number of halogens is 1. The Bertz CT molecular complexity index is 83.8. The molecule has 12 heavy (non-hydrogen) atoms. The summed E-state index contributed by atoms with van der Waals surface area (Å²) in [4.78, 5) is 0. The van der Waals surface area contributed by atoms with Crippen LogP contribution in [0.25, 0.3) is 0 Å². The van der Waals surface area contributed by atoms with E-state index in [9.17, 15) is 0 Å². The van der Waals surface area contributed by atoms with Crippen molar-refractivity contribution < 1.29 is 0 Å². The molecule has 0 aromatic carbocycles. The van der Waals surface area contributed by atoms with Gasteiger partial charge in [0, 0.05) is 11.9 Å². The van der Waals surface area contributed by atoms with Crippen molar-refractivity contribution in [2.75, 3.05) is 12.4 Å². The third-order valence-corrected chi connectivity index (χ3v) is 2.77. The van der Waals surface area contributed by atoms with E-state index in [1.807, 2.05) is 0 Å². The van der Waals surface area contributed by atoms with E-state index in [0.717, 1.165) is 12.4 Å². The second-order valence-electron chi connectivity index (χ2n) is 3.67. The van der Waals surface area contributed by atoms with Gasteiger partial charge in [-0.2, -0.15) is 0 Å². The number of rotatable bonds is 7. The summed E-state index contributed by atoms with van der Waals surface area (Å²) in [6.45, 7) is 7.77. The van der Waals surface area contributed by atoms with Gasteiger partial charge in [-0.15, -0.1) is 11.6 Å². The first-order valence-corrected chi connectivity index (χ1v) is 5.53. The van der Waals surface area contributed by atoms with Gasteiger partial charge in [-0.05, 0) is 38.6 Å². The summed E-state index contributed by atoms with van der Waals surface area (Å²) in [7, 11) is 0. The number of hydrogen-bond donors (Lipinski definition) is 1. The van der Waals surface area contributed by atoms with Crippen LogP contribution in [0.15, 0.2) is 0 Å². The maximum Gasteiger partial charge on any atom is 0.0249 e. The molecule has 2 unspecified atom stereocenters. The lowest BCUT2D eigenvalue weighted by Gasteiger charge is -2.12. The van der Waals surface area contributed by atoms with Crippen molar-refractivity contribution in [3.8, 4) is 0 Å². The van der Waals surface area contributed by atoms with E-state index in [-0.39, 0.29) is 0 Å². The van der Waals surface area contributed by atoms with Gasteiger partial charge < -0.3 is 5.32 Å². The fraction of sp³-hybridized carbons (Fsp3) is 1.00. The van der Waals surface area contributed by atoms with Crippen LogP contribution in [0.4, 0.5) is 0 Å². The predicted octanol–water partition coefficient (Wildman–Crippen LogP) is 3.03. The van der Waals surface area contributed by atoms with E-state index >= 15 is 0 Å².